The van der Waals surface area contributed by atoms with Crippen LogP contribution in [0.25, 0.3) is 0 Å². The van der Waals surface area contributed by atoms with Gasteiger partial charge in [-0.1, -0.05) is 91.3 Å². The van der Waals surface area contributed by atoms with Gasteiger partial charge in [-0.15, -0.1) is 0 Å². The second-order valence-corrected chi connectivity index (χ2v) is 19.5. The molecule has 1 saturated heterocycles. The summed E-state index contributed by atoms with van der Waals surface area (Å²) < 4.78 is 47.4. The van der Waals surface area contributed by atoms with E-state index in [0.29, 0.717) is 43.2 Å². The molecular weight excluding hydrogens is 716 g/mol. The smallest absolute Gasteiger partial charge is 0.233 e. The summed E-state index contributed by atoms with van der Waals surface area (Å²) >= 11 is 3.39. The van der Waals surface area contributed by atoms with Crippen molar-refractivity contribution >= 4 is 35.8 Å². The summed E-state index contributed by atoms with van der Waals surface area (Å²) in [4.78, 5) is 15.8. The highest BCUT2D eigenvalue weighted by atomic mass is 79.9. The van der Waals surface area contributed by atoms with Gasteiger partial charge in [0.2, 0.25) is 5.91 Å². The third-order valence-corrected chi connectivity index (χ3v) is 14.5. The first kappa shape index (κ1) is 37.5. The Morgan fingerprint density at radius 3 is 2.18 bits per heavy atom. The third-order valence-electron chi connectivity index (χ3n) is 9.69. The van der Waals surface area contributed by atoms with Crippen LogP contribution in [0, 0.1) is 17.6 Å². The Hall–Kier alpha value is -3.79. The Morgan fingerprint density at radius 1 is 0.880 bits per heavy atom. The molecule has 1 amide bonds. The zero-order valence-electron chi connectivity index (χ0n) is 29.4. The topological polar surface area (TPSA) is 48.0 Å². The predicted molar refractivity (Wildman–Crippen MR) is 202 cm³/mol. The van der Waals surface area contributed by atoms with Crippen LogP contribution < -0.4 is 14.4 Å². The molecule has 3 atom stereocenters. The number of amides is 1. The Labute approximate surface area is 304 Å². The Bertz CT molecular complexity index is 1740. The fourth-order valence-corrected chi connectivity index (χ4v) is 7.48. The average molecular weight is 763 g/mol. The lowest BCUT2D eigenvalue weighted by Crippen LogP contribution is -2.55. The lowest BCUT2D eigenvalue weighted by atomic mass is 9.78. The van der Waals surface area contributed by atoms with Crippen molar-refractivity contribution in [3.05, 3.63) is 138 Å². The van der Waals surface area contributed by atoms with Crippen molar-refractivity contribution in [2.75, 3.05) is 16.8 Å². The van der Waals surface area contributed by atoms with Gasteiger partial charge in [-0.3, -0.25) is 4.79 Å². The standard InChI is InChI=1S/C41H46BrF2NO4Si/c1-41(2,3)50(4,5)49-37(30-13-15-31(43)16-14-30)24-23-36-39(45(40(36)46)33-19-17-32(44)18-20-33)35-22-21-34(47-26-10-9-25-42)27-38(35)48-28-29-11-7-6-8-12-29/h6-22,27,36-37,39H,23-26,28H2,1-5H3. The molecule has 1 heterocycles. The summed E-state index contributed by atoms with van der Waals surface area (Å²) in [6, 6.07) is 27.7. The molecule has 264 valence electrons. The Kier molecular flexibility index (Phi) is 12.4. The number of hydrogen-bond acceptors (Lipinski definition) is 4. The number of alkyl halides is 1. The normalized spacial score (nSPS) is 17.1. The van der Waals surface area contributed by atoms with Gasteiger partial charge in [0.05, 0.1) is 18.1 Å². The fourth-order valence-electron chi connectivity index (χ4n) is 5.89. The van der Waals surface area contributed by atoms with Crippen LogP contribution in [0.5, 0.6) is 11.5 Å². The molecular formula is C41H46BrF2NO4Si. The van der Waals surface area contributed by atoms with Crippen LogP contribution in [0.2, 0.25) is 18.1 Å². The molecule has 1 fully saturated rings. The summed E-state index contributed by atoms with van der Waals surface area (Å²) in [6.07, 6.45) is 4.67. The predicted octanol–water partition coefficient (Wildman–Crippen LogP) is 11.1. The van der Waals surface area contributed by atoms with Crippen molar-refractivity contribution in [3.8, 4) is 11.5 Å². The number of nitrogens with zero attached hydrogens (tertiary/aromatic N) is 1. The molecule has 1 aliphatic rings. The Balaban J connectivity index is 1.50. The largest absolute Gasteiger partial charge is 0.489 e. The molecule has 1 aliphatic heterocycles. The lowest BCUT2D eigenvalue weighted by molar-refractivity contribution is -0.131. The highest BCUT2D eigenvalue weighted by Gasteiger charge is 2.50. The number of benzene rings is 4. The summed E-state index contributed by atoms with van der Waals surface area (Å²) in [5.74, 6) is 0.115. The van der Waals surface area contributed by atoms with E-state index in [-0.39, 0.29) is 34.7 Å². The number of halogens is 3. The zero-order valence-corrected chi connectivity index (χ0v) is 32.0. The second-order valence-electron chi connectivity index (χ2n) is 14.1. The number of allylic oxidation sites excluding steroid dienone is 1. The lowest BCUT2D eigenvalue weighted by Gasteiger charge is -2.48. The highest BCUT2D eigenvalue weighted by Crippen LogP contribution is 2.50. The van der Waals surface area contributed by atoms with E-state index in [1.807, 2.05) is 60.7 Å². The van der Waals surface area contributed by atoms with Crippen molar-refractivity contribution in [2.24, 2.45) is 5.92 Å². The van der Waals surface area contributed by atoms with E-state index in [1.54, 1.807) is 29.2 Å². The van der Waals surface area contributed by atoms with Crippen molar-refractivity contribution in [1.29, 1.82) is 0 Å². The minimum absolute atomic E-state index is 0.0434. The van der Waals surface area contributed by atoms with Gasteiger partial charge in [-0.2, -0.15) is 0 Å². The monoisotopic (exact) mass is 761 g/mol. The van der Waals surface area contributed by atoms with Crippen LogP contribution >= 0.6 is 15.9 Å². The van der Waals surface area contributed by atoms with E-state index < -0.39 is 14.2 Å². The van der Waals surface area contributed by atoms with E-state index in [4.69, 9.17) is 13.9 Å². The van der Waals surface area contributed by atoms with E-state index in [9.17, 15) is 13.6 Å². The summed E-state index contributed by atoms with van der Waals surface area (Å²) in [5.41, 5.74) is 3.34. The maximum absolute atomic E-state index is 14.1. The van der Waals surface area contributed by atoms with Crippen molar-refractivity contribution in [1.82, 2.24) is 0 Å². The number of rotatable bonds is 15. The SMILES string of the molecule is CC(C)(C)[Si](C)(C)OC(CCC1C(=O)N(c2ccc(F)cc2)C1c1ccc(OCC=CCBr)cc1OCc1ccccc1)c1ccc(F)cc1. The molecule has 0 bridgehead atoms. The molecule has 3 unspecified atom stereocenters. The van der Waals surface area contributed by atoms with E-state index in [2.05, 4.69) is 49.8 Å². The third kappa shape index (κ3) is 9.10. The first-order chi connectivity index (χ1) is 23.9. The van der Waals surface area contributed by atoms with Gasteiger partial charge in [0.15, 0.2) is 8.32 Å². The van der Waals surface area contributed by atoms with E-state index >= 15 is 0 Å². The number of β-lactam (4-membered cyclic amide) rings is 1. The summed E-state index contributed by atoms with van der Waals surface area (Å²) in [6.45, 7) is 11.7. The highest BCUT2D eigenvalue weighted by molar-refractivity contribution is 9.09. The van der Waals surface area contributed by atoms with Gasteiger partial charge in [-0.25, -0.2) is 8.78 Å². The quantitative estimate of drug-likeness (QED) is 0.0524. The van der Waals surface area contributed by atoms with Crippen LogP contribution in [-0.2, 0) is 15.8 Å². The molecule has 4 aromatic carbocycles. The van der Waals surface area contributed by atoms with Crippen LogP contribution in [0.1, 0.15) is 62.4 Å². The first-order valence-electron chi connectivity index (χ1n) is 17.0. The molecule has 0 radical (unpaired) electrons. The van der Waals surface area contributed by atoms with E-state index in [1.165, 1.54) is 24.3 Å². The van der Waals surface area contributed by atoms with Crippen molar-refractivity contribution < 1.29 is 27.5 Å². The van der Waals surface area contributed by atoms with Gasteiger partial charge in [0.25, 0.3) is 0 Å². The Morgan fingerprint density at radius 2 is 1.54 bits per heavy atom. The molecule has 0 saturated carbocycles. The zero-order chi connectivity index (χ0) is 35.9. The summed E-state index contributed by atoms with van der Waals surface area (Å²) in [7, 11) is -2.24. The average Bonchev–Trinajstić information content (AvgIpc) is 3.09. The molecule has 0 N–H and O–H groups in total. The van der Waals surface area contributed by atoms with Crippen LogP contribution in [0.15, 0.2) is 109 Å². The maximum Gasteiger partial charge on any atom is 0.233 e. The molecule has 0 aromatic heterocycles. The van der Waals surface area contributed by atoms with Gasteiger partial charge in [-0.05, 0) is 90.6 Å². The van der Waals surface area contributed by atoms with E-state index in [0.717, 1.165) is 22.0 Å². The van der Waals surface area contributed by atoms with Crippen LogP contribution in [-0.4, -0.2) is 26.2 Å². The van der Waals surface area contributed by atoms with Gasteiger partial charge >= 0.3 is 0 Å². The molecule has 4 aromatic rings. The molecule has 5 rings (SSSR count). The van der Waals surface area contributed by atoms with Crippen LogP contribution in [0.3, 0.4) is 0 Å². The first-order valence-corrected chi connectivity index (χ1v) is 21.1. The summed E-state index contributed by atoms with van der Waals surface area (Å²) in [5, 5.41) is 0.693. The molecule has 50 heavy (non-hydrogen) atoms. The minimum atomic E-state index is -2.24. The van der Waals surface area contributed by atoms with Gasteiger partial charge < -0.3 is 18.8 Å². The number of carbonyl (C=O) groups excluding carboxylic acids is 1. The second kappa shape index (κ2) is 16.5. The van der Waals surface area contributed by atoms with Gasteiger partial charge in [0.1, 0.15) is 36.3 Å². The molecule has 5 nitrogen and oxygen atoms in total. The fraction of sp³-hybridized carbons (Fsp3) is 0.341. The van der Waals surface area contributed by atoms with Crippen LogP contribution in [0.4, 0.5) is 14.5 Å². The number of hydrogen-bond donors (Lipinski definition) is 0. The van der Waals surface area contributed by atoms with Crippen molar-refractivity contribution in [2.45, 2.75) is 70.5 Å². The minimum Gasteiger partial charge on any atom is -0.489 e. The van der Waals surface area contributed by atoms with Crippen molar-refractivity contribution in [3.63, 3.8) is 0 Å². The molecule has 9 heteroatoms. The molecule has 0 spiro atoms. The number of carbonyl (C=O) groups is 1. The number of anilines is 1. The maximum atomic E-state index is 14.1. The number of ether oxygens (including phenoxy) is 2. The molecule has 0 aliphatic carbocycles. The van der Waals surface area contributed by atoms with Gasteiger partial charge in [0, 0.05) is 22.6 Å².